The average molecular weight is 418 g/mol. The standard InChI is InChI=1S/C22H27NO5S/c1-15-7-10-18(11-8-15)29(25,26)23-13-5-6-20(23)16(2)22(24)19-12-9-17(27-3)14-21(19)28-4/h7-12,14,16,20H,5-6,13H2,1-4H3/t16-,20-/m0/s1. The Morgan fingerprint density at radius 3 is 2.41 bits per heavy atom. The van der Waals surface area contributed by atoms with Crippen LogP contribution in [0.3, 0.4) is 0 Å². The molecule has 2 aromatic carbocycles. The summed E-state index contributed by atoms with van der Waals surface area (Å²) in [4.78, 5) is 13.5. The van der Waals surface area contributed by atoms with Gasteiger partial charge in [-0.1, -0.05) is 24.6 Å². The number of sulfonamides is 1. The van der Waals surface area contributed by atoms with Gasteiger partial charge in [0.25, 0.3) is 0 Å². The molecule has 7 heteroatoms. The Labute approximate surface area is 172 Å². The Balaban J connectivity index is 1.89. The van der Waals surface area contributed by atoms with E-state index in [1.807, 2.05) is 6.92 Å². The summed E-state index contributed by atoms with van der Waals surface area (Å²) in [6, 6.07) is 11.5. The van der Waals surface area contributed by atoms with Crippen molar-refractivity contribution >= 4 is 15.8 Å². The molecule has 2 aromatic rings. The number of rotatable bonds is 7. The molecule has 0 amide bonds. The van der Waals surface area contributed by atoms with E-state index in [0.717, 1.165) is 12.0 Å². The van der Waals surface area contributed by atoms with Gasteiger partial charge in [0.2, 0.25) is 10.0 Å². The van der Waals surface area contributed by atoms with Crippen LogP contribution in [0.5, 0.6) is 11.5 Å². The van der Waals surface area contributed by atoms with E-state index in [2.05, 4.69) is 0 Å². The number of nitrogens with zero attached hydrogens (tertiary/aromatic N) is 1. The lowest BCUT2D eigenvalue weighted by molar-refractivity contribution is 0.0883. The summed E-state index contributed by atoms with van der Waals surface area (Å²) in [7, 11) is -0.615. The Hall–Kier alpha value is -2.38. The summed E-state index contributed by atoms with van der Waals surface area (Å²) < 4.78 is 38.4. The smallest absolute Gasteiger partial charge is 0.243 e. The molecule has 3 rings (SSSR count). The summed E-state index contributed by atoms with van der Waals surface area (Å²) in [5.41, 5.74) is 1.43. The first-order valence-electron chi connectivity index (χ1n) is 9.64. The van der Waals surface area contributed by atoms with Gasteiger partial charge in [-0.15, -0.1) is 0 Å². The van der Waals surface area contributed by atoms with E-state index in [4.69, 9.17) is 9.47 Å². The minimum atomic E-state index is -3.66. The molecule has 0 spiro atoms. The molecule has 0 bridgehead atoms. The summed E-state index contributed by atoms with van der Waals surface area (Å²) in [6.07, 6.45) is 1.38. The van der Waals surface area contributed by atoms with Gasteiger partial charge in [-0.05, 0) is 44.0 Å². The first-order valence-corrected chi connectivity index (χ1v) is 11.1. The minimum Gasteiger partial charge on any atom is -0.497 e. The third kappa shape index (κ3) is 4.16. The summed E-state index contributed by atoms with van der Waals surface area (Å²) >= 11 is 0. The summed E-state index contributed by atoms with van der Waals surface area (Å²) in [6.45, 7) is 4.12. The second-order valence-corrected chi connectivity index (χ2v) is 9.25. The molecular formula is C22H27NO5S. The molecule has 1 fully saturated rings. The number of ketones is 1. The summed E-state index contributed by atoms with van der Waals surface area (Å²) in [5, 5.41) is 0. The molecule has 156 valence electrons. The molecular weight excluding hydrogens is 390 g/mol. The molecule has 0 saturated carbocycles. The molecule has 0 N–H and O–H groups in total. The lowest BCUT2D eigenvalue weighted by Gasteiger charge is -2.28. The molecule has 0 radical (unpaired) electrons. The second kappa shape index (κ2) is 8.55. The first kappa shape index (κ1) is 21.3. The lowest BCUT2D eigenvalue weighted by atomic mass is 9.91. The van der Waals surface area contributed by atoms with Crippen molar-refractivity contribution in [3.05, 3.63) is 53.6 Å². The van der Waals surface area contributed by atoms with Crippen LogP contribution in [-0.4, -0.2) is 45.3 Å². The van der Waals surface area contributed by atoms with Crippen LogP contribution >= 0.6 is 0 Å². The fraction of sp³-hybridized carbons (Fsp3) is 0.409. The van der Waals surface area contributed by atoms with Gasteiger partial charge in [0.05, 0.1) is 24.7 Å². The van der Waals surface area contributed by atoms with Gasteiger partial charge in [-0.25, -0.2) is 8.42 Å². The van der Waals surface area contributed by atoms with Crippen molar-refractivity contribution in [1.29, 1.82) is 0 Å². The predicted octanol–water partition coefficient (Wildman–Crippen LogP) is 3.68. The molecule has 0 aromatic heterocycles. The minimum absolute atomic E-state index is 0.138. The molecule has 1 saturated heterocycles. The number of ether oxygens (including phenoxy) is 2. The van der Waals surface area contributed by atoms with Crippen LogP contribution in [0, 0.1) is 12.8 Å². The van der Waals surface area contributed by atoms with Crippen LogP contribution in [0.4, 0.5) is 0 Å². The van der Waals surface area contributed by atoms with Gasteiger partial charge >= 0.3 is 0 Å². The van der Waals surface area contributed by atoms with Crippen molar-refractivity contribution < 1.29 is 22.7 Å². The maximum Gasteiger partial charge on any atom is 0.243 e. The Morgan fingerprint density at radius 1 is 1.10 bits per heavy atom. The van der Waals surface area contributed by atoms with Crippen molar-refractivity contribution in [3.63, 3.8) is 0 Å². The predicted molar refractivity (Wildman–Crippen MR) is 111 cm³/mol. The van der Waals surface area contributed by atoms with Crippen molar-refractivity contribution in [2.75, 3.05) is 20.8 Å². The quantitative estimate of drug-likeness (QED) is 0.643. The number of carbonyl (C=O) groups excluding carboxylic acids is 1. The number of Topliss-reactive ketones (excluding diaryl/α,β-unsaturated/α-hetero) is 1. The van der Waals surface area contributed by atoms with Gasteiger partial charge in [0.1, 0.15) is 11.5 Å². The number of carbonyl (C=O) groups is 1. The maximum absolute atomic E-state index is 13.2. The largest absolute Gasteiger partial charge is 0.497 e. The van der Waals surface area contributed by atoms with E-state index in [0.29, 0.717) is 30.0 Å². The van der Waals surface area contributed by atoms with Gasteiger partial charge in [0.15, 0.2) is 5.78 Å². The number of aryl methyl sites for hydroxylation is 1. The molecule has 6 nitrogen and oxygen atoms in total. The van der Waals surface area contributed by atoms with E-state index >= 15 is 0 Å². The van der Waals surface area contributed by atoms with E-state index < -0.39 is 15.9 Å². The number of hydrogen-bond donors (Lipinski definition) is 0. The van der Waals surface area contributed by atoms with Crippen LogP contribution < -0.4 is 9.47 Å². The maximum atomic E-state index is 13.2. The molecule has 1 heterocycles. The average Bonchev–Trinajstić information content (AvgIpc) is 3.23. The monoisotopic (exact) mass is 417 g/mol. The van der Waals surface area contributed by atoms with Crippen molar-refractivity contribution in [2.45, 2.75) is 37.6 Å². The van der Waals surface area contributed by atoms with Crippen molar-refractivity contribution in [1.82, 2.24) is 4.31 Å². The fourth-order valence-corrected chi connectivity index (χ4v) is 5.60. The lowest BCUT2D eigenvalue weighted by Crippen LogP contribution is -2.41. The van der Waals surface area contributed by atoms with Crippen molar-refractivity contribution in [2.24, 2.45) is 5.92 Å². The molecule has 2 atom stereocenters. The van der Waals surface area contributed by atoms with E-state index in [-0.39, 0.29) is 16.7 Å². The van der Waals surface area contributed by atoms with Gasteiger partial charge in [-0.3, -0.25) is 4.79 Å². The SMILES string of the molecule is COc1ccc(C(=O)[C@@H](C)[C@@H]2CCCN2S(=O)(=O)c2ccc(C)cc2)c(OC)c1. The third-order valence-corrected chi connectivity index (χ3v) is 7.48. The highest BCUT2D eigenvalue weighted by Crippen LogP contribution is 2.34. The zero-order valence-electron chi connectivity index (χ0n) is 17.2. The van der Waals surface area contributed by atoms with E-state index in [1.54, 1.807) is 56.5 Å². The number of benzene rings is 2. The normalized spacial score (nSPS) is 18.4. The highest BCUT2D eigenvalue weighted by Gasteiger charge is 2.41. The topological polar surface area (TPSA) is 72.9 Å². The fourth-order valence-electron chi connectivity index (χ4n) is 3.83. The first-order chi connectivity index (χ1) is 13.8. The Morgan fingerprint density at radius 2 is 1.79 bits per heavy atom. The van der Waals surface area contributed by atoms with Crippen molar-refractivity contribution in [3.8, 4) is 11.5 Å². The zero-order valence-corrected chi connectivity index (χ0v) is 18.0. The molecule has 1 aliphatic rings. The summed E-state index contributed by atoms with van der Waals surface area (Å²) in [5.74, 6) is 0.378. The van der Waals surface area contributed by atoms with Gasteiger partial charge in [0, 0.05) is 24.6 Å². The van der Waals surface area contributed by atoms with E-state index in [1.165, 1.54) is 11.4 Å². The third-order valence-electron chi connectivity index (χ3n) is 5.54. The molecule has 0 aliphatic carbocycles. The number of hydrogen-bond acceptors (Lipinski definition) is 5. The highest BCUT2D eigenvalue weighted by atomic mass is 32.2. The van der Waals surface area contributed by atoms with Crippen LogP contribution in [0.15, 0.2) is 47.4 Å². The van der Waals surface area contributed by atoms with Crippen LogP contribution in [0.25, 0.3) is 0 Å². The Bertz CT molecular complexity index is 985. The molecule has 29 heavy (non-hydrogen) atoms. The molecule has 0 unspecified atom stereocenters. The van der Waals surface area contributed by atoms with Crippen LogP contribution in [0.2, 0.25) is 0 Å². The van der Waals surface area contributed by atoms with Crippen LogP contribution in [-0.2, 0) is 10.0 Å². The number of methoxy groups -OCH3 is 2. The van der Waals surface area contributed by atoms with E-state index in [9.17, 15) is 13.2 Å². The zero-order chi connectivity index (χ0) is 21.2. The van der Waals surface area contributed by atoms with Gasteiger partial charge < -0.3 is 9.47 Å². The van der Waals surface area contributed by atoms with Crippen LogP contribution in [0.1, 0.15) is 35.7 Å². The second-order valence-electron chi connectivity index (χ2n) is 7.36. The Kier molecular flexibility index (Phi) is 6.29. The highest BCUT2D eigenvalue weighted by molar-refractivity contribution is 7.89. The molecule has 1 aliphatic heterocycles. The van der Waals surface area contributed by atoms with Gasteiger partial charge in [-0.2, -0.15) is 4.31 Å².